The number of hydrogen-bond donors (Lipinski definition) is 1. The number of likely N-dealkylation sites (tertiary alicyclic amines) is 1. The second-order valence-electron chi connectivity index (χ2n) is 7.65. The van der Waals surface area contributed by atoms with Crippen molar-refractivity contribution >= 4 is 11.8 Å². The molecule has 2 heterocycles. The third kappa shape index (κ3) is 4.85. The van der Waals surface area contributed by atoms with Gasteiger partial charge in [-0.15, -0.1) is 0 Å². The van der Waals surface area contributed by atoms with Crippen molar-refractivity contribution in [1.29, 1.82) is 0 Å². The molecule has 1 N–H and O–H groups in total. The van der Waals surface area contributed by atoms with Gasteiger partial charge in [-0.05, 0) is 49.2 Å². The van der Waals surface area contributed by atoms with Gasteiger partial charge in [0.15, 0.2) is 5.76 Å². The summed E-state index contributed by atoms with van der Waals surface area (Å²) in [5, 5.41) is 2.99. The molecule has 32 heavy (non-hydrogen) atoms. The minimum absolute atomic E-state index is 0.0379. The number of furan rings is 1. The van der Waals surface area contributed by atoms with E-state index in [9.17, 15) is 22.8 Å². The summed E-state index contributed by atoms with van der Waals surface area (Å²) in [5.74, 6) is -0.197. The van der Waals surface area contributed by atoms with Gasteiger partial charge in [-0.2, -0.15) is 13.2 Å². The molecule has 3 aromatic rings. The molecule has 1 aromatic heterocycles. The van der Waals surface area contributed by atoms with Crippen LogP contribution in [0.25, 0.3) is 11.3 Å². The van der Waals surface area contributed by atoms with E-state index in [1.165, 1.54) is 24.3 Å². The maximum Gasteiger partial charge on any atom is 0.416 e. The molecular weight excluding hydrogens is 421 g/mol. The highest BCUT2D eigenvalue weighted by atomic mass is 19.4. The Kier molecular flexibility index (Phi) is 6.03. The van der Waals surface area contributed by atoms with Crippen molar-refractivity contribution in [2.24, 2.45) is 0 Å². The number of rotatable bonds is 4. The molecule has 0 saturated carbocycles. The minimum Gasteiger partial charge on any atom is -0.451 e. The highest BCUT2D eigenvalue weighted by Crippen LogP contribution is 2.33. The van der Waals surface area contributed by atoms with E-state index >= 15 is 0 Å². The minimum atomic E-state index is -4.46. The standard InChI is InChI=1S/C24H21F3N2O3/c25-24(26,27)18-8-4-7-17(15-18)20-9-10-21(32-20)23(31)29-13-11-19(12-14-29)28-22(30)16-5-2-1-3-6-16/h1-10,15,19H,11-14H2,(H,28,30). The van der Waals surface area contributed by atoms with Gasteiger partial charge in [0, 0.05) is 30.3 Å². The Hall–Kier alpha value is -3.55. The van der Waals surface area contributed by atoms with Gasteiger partial charge in [0.1, 0.15) is 5.76 Å². The van der Waals surface area contributed by atoms with E-state index in [1.54, 1.807) is 29.2 Å². The highest BCUT2D eigenvalue weighted by Gasteiger charge is 2.31. The van der Waals surface area contributed by atoms with Crippen molar-refractivity contribution in [3.63, 3.8) is 0 Å². The number of halogens is 3. The summed E-state index contributed by atoms with van der Waals surface area (Å²) in [4.78, 5) is 26.7. The van der Waals surface area contributed by atoms with Gasteiger partial charge in [0.2, 0.25) is 0 Å². The van der Waals surface area contributed by atoms with Crippen LogP contribution in [0.4, 0.5) is 13.2 Å². The zero-order valence-electron chi connectivity index (χ0n) is 17.1. The lowest BCUT2D eigenvalue weighted by molar-refractivity contribution is -0.137. The molecule has 1 saturated heterocycles. The Labute approximate surface area is 182 Å². The first kappa shape index (κ1) is 21.7. The molecule has 0 spiro atoms. The molecule has 4 rings (SSSR count). The van der Waals surface area contributed by atoms with Crippen LogP contribution in [0, 0.1) is 0 Å². The first-order chi connectivity index (χ1) is 15.3. The fourth-order valence-electron chi connectivity index (χ4n) is 3.70. The van der Waals surface area contributed by atoms with Gasteiger partial charge >= 0.3 is 6.18 Å². The maximum absolute atomic E-state index is 12.9. The molecule has 0 radical (unpaired) electrons. The Bertz CT molecular complexity index is 1100. The number of benzene rings is 2. The Morgan fingerprint density at radius 3 is 2.34 bits per heavy atom. The molecule has 2 amide bonds. The fraction of sp³-hybridized carbons (Fsp3) is 0.250. The van der Waals surface area contributed by atoms with Crippen LogP contribution in [0.3, 0.4) is 0 Å². The number of hydrogen-bond acceptors (Lipinski definition) is 3. The average molecular weight is 442 g/mol. The van der Waals surface area contributed by atoms with E-state index in [-0.39, 0.29) is 34.9 Å². The van der Waals surface area contributed by atoms with Crippen LogP contribution in [0.2, 0.25) is 0 Å². The zero-order valence-corrected chi connectivity index (χ0v) is 17.1. The molecule has 1 aliphatic rings. The normalized spacial score (nSPS) is 14.9. The number of piperidine rings is 1. The van der Waals surface area contributed by atoms with Gasteiger partial charge < -0.3 is 14.6 Å². The molecule has 0 bridgehead atoms. The van der Waals surface area contributed by atoms with Crippen molar-refractivity contribution in [3.05, 3.63) is 83.6 Å². The monoisotopic (exact) mass is 442 g/mol. The van der Waals surface area contributed by atoms with Crippen molar-refractivity contribution in [1.82, 2.24) is 10.2 Å². The molecule has 1 fully saturated rings. The van der Waals surface area contributed by atoms with Crippen molar-refractivity contribution < 1.29 is 27.2 Å². The molecule has 2 aromatic carbocycles. The Morgan fingerprint density at radius 2 is 1.66 bits per heavy atom. The first-order valence-corrected chi connectivity index (χ1v) is 10.2. The molecule has 0 aliphatic carbocycles. The highest BCUT2D eigenvalue weighted by molar-refractivity contribution is 5.94. The van der Waals surface area contributed by atoms with Gasteiger partial charge in [0.25, 0.3) is 11.8 Å². The number of alkyl halides is 3. The van der Waals surface area contributed by atoms with Gasteiger partial charge in [0.05, 0.1) is 5.56 Å². The van der Waals surface area contributed by atoms with E-state index in [0.29, 0.717) is 31.5 Å². The number of nitrogens with one attached hydrogen (secondary N) is 1. The van der Waals surface area contributed by atoms with Crippen molar-refractivity contribution in [3.8, 4) is 11.3 Å². The lowest BCUT2D eigenvalue weighted by atomic mass is 10.0. The average Bonchev–Trinajstić information content (AvgIpc) is 3.30. The lowest BCUT2D eigenvalue weighted by Crippen LogP contribution is -2.46. The predicted octanol–water partition coefficient (Wildman–Crippen LogP) is 5.00. The second-order valence-corrected chi connectivity index (χ2v) is 7.65. The van der Waals surface area contributed by atoms with Crippen LogP contribution in [0.1, 0.15) is 39.3 Å². The van der Waals surface area contributed by atoms with Crippen LogP contribution in [0.15, 0.2) is 71.1 Å². The van der Waals surface area contributed by atoms with Gasteiger partial charge in [-0.1, -0.05) is 30.3 Å². The smallest absolute Gasteiger partial charge is 0.416 e. The lowest BCUT2D eigenvalue weighted by Gasteiger charge is -2.31. The van der Waals surface area contributed by atoms with Crippen LogP contribution in [-0.2, 0) is 6.18 Å². The van der Waals surface area contributed by atoms with Crippen LogP contribution >= 0.6 is 0 Å². The summed E-state index contributed by atoms with van der Waals surface area (Å²) in [5.41, 5.74) is 0.0591. The largest absolute Gasteiger partial charge is 0.451 e. The van der Waals surface area contributed by atoms with Crippen LogP contribution in [0.5, 0.6) is 0 Å². The number of carbonyl (C=O) groups excluding carboxylic acids is 2. The number of nitrogens with zero attached hydrogens (tertiary/aromatic N) is 1. The summed E-state index contributed by atoms with van der Waals surface area (Å²) in [6, 6.07) is 16.6. The Morgan fingerprint density at radius 1 is 0.938 bits per heavy atom. The van der Waals surface area contributed by atoms with E-state index in [4.69, 9.17) is 4.42 Å². The summed E-state index contributed by atoms with van der Waals surface area (Å²) >= 11 is 0. The number of carbonyl (C=O) groups is 2. The van der Waals surface area contributed by atoms with E-state index in [0.717, 1.165) is 12.1 Å². The maximum atomic E-state index is 12.9. The summed E-state index contributed by atoms with van der Waals surface area (Å²) in [7, 11) is 0. The molecule has 0 atom stereocenters. The Balaban J connectivity index is 1.36. The molecule has 8 heteroatoms. The number of amides is 2. The topological polar surface area (TPSA) is 62.6 Å². The fourth-order valence-corrected chi connectivity index (χ4v) is 3.70. The van der Waals surface area contributed by atoms with Crippen molar-refractivity contribution in [2.45, 2.75) is 25.1 Å². The summed E-state index contributed by atoms with van der Waals surface area (Å²) in [6.07, 6.45) is -3.25. The van der Waals surface area contributed by atoms with E-state index < -0.39 is 11.7 Å². The third-order valence-corrected chi connectivity index (χ3v) is 5.44. The SMILES string of the molecule is O=C(NC1CCN(C(=O)c2ccc(-c3cccc(C(F)(F)F)c3)o2)CC1)c1ccccc1. The quantitative estimate of drug-likeness (QED) is 0.619. The van der Waals surface area contributed by atoms with Crippen molar-refractivity contribution in [2.75, 3.05) is 13.1 Å². The molecule has 166 valence electrons. The second kappa shape index (κ2) is 8.90. The molecular formula is C24H21F3N2O3. The first-order valence-electron chi connectivity index (χ1n) is 10.2. The third-order valence-electron chi connectivity index (χ3n) is 5.44. The predicted molar refractivity (Wildman–Crippen MR) is 112 cm³/mol. The van der Waals surface area contributed by atoms with Gasteiger partial charge in [-0.25, -0.2) is 0 Å². The zero-order chi connectivity index (χ0) is 22.7. The van der Waals surface area contributed by atoms with Crippen LogP contribution in [-0.4, -0.2) is 35.8 Å². The van der Waals surface area contributed by atoms with Crippen LogP contribution < -0.4 is 5.32 Å². The van der Waals surface area contributed by atoms with E-state index in [2.05, 4.69) is 5.32 Å². The van der Waals surface area contributed by atoms with E-state index in [1.807, 2.05) is 6.07 Å². The molecule has 5 nitrogen and oxygen atoms in total. The summed E-state index contributed by atoms with van der Waals surface area (Å²) < 4.78 is 44.4. The molecule has 0 unspecified atom stereocenters. The summed E-state index contributed by atoms with van der Waals surface area (Å²) in [6.45, 7) is 0.885. The molecule has 1 aliphatic heterocycles. The van der Waals surface area contributed by atoms with Gasteiger partial charge in [-0.3, -0.25) is 9.59 Å².